The van der Waals surface area contributed by atoms with Gasteiger partial charge in [-0.15, -0.1) is 0 Å². The summed E-state index contributed by atoms with van der Waals surface area (Å²) in [6, 6.07) is 6.41. The number of benzene rings is 1. The molecule has 5 nitrogen and oxygen atoms in total. The van der Waals surface area contributed by atoms with Gasteiger partial charge < -0.3 is 15.5 Å². The first-order valence-electron chi connectivity index (χ1n) is 5.93. The third-order valence-corrected chi connectivity index (χ3v) is 3.87. The summed E-state index contributed by atoms with van der Waals surface area (Å²) in [7, 11) is 0. The summed E-state index contributed by atoms with van der Waals surface area (Å²) < 4.78 is 0. The maximum atomic E-state index is 12.4. The van der Waals surface area contributed by atoms with Crippen molar-refractivity contribution in [1.29, 1.82) is 0 Å². The predicted octanol–water partition coefficient (Wildman–Crippen LogP) is 0.225. The summed E-state index contributed by atoms with van der Waals surface area (Å²) >= 11 is 0. The number of nitrogens with one attached hydrogen (secondary N) is 1. The van der Waals surface area contributed by atoms with Crippen LogP contribution >= 0.6 is 0 Å². The van der Waals surface area contributed by atoms with Crippen LogP contribution < -0.4 is 5.32 Å². The smallest absolute Gasteiger partial charge is 0.210 e. The Labute approximate surface area is 109 Å². The highest BCUT2D eigenvalue weighted by molar-refractivity contribution is 6.17. The highest BCUT2D eigenvalue weighted by Gasteiger charge is 2.69. The highest BCUT2D eigenvalue weighted by atomic mass is 16.4. The lowest BCUT2D eigenvalue weighted by Crippen LogP contribution is -2.56. The van der Waals surface area contributed by atoms with E-state index in [1.54, 1.807) is 25.1 Å². The zero-order valence-electron chi connectivity index (χ0n) is 10.5. The molecular formula is C14H13NO4. The standard InChI is InChI=1S/C14H13NO4/c1-7-11(8(2)16)13(18)12(17)9-5-3-4-6-10(9)14(13,19)15-7/h3-6,15,18-19H,1-2H3/t13-,14+/m0/s1. The first-order valence-corrected chi connectivity index (χ1v) is 5.93. The Bertz CT molecular complexity index is 663. The van der Waals surface area contributed by atoms with Crippen LogP contribution in [0.25, 0.3) is 0 Å². The minimum absolute atomic E-state index is 0.0730. The van der Waals surface area contributed by atoms with Gasteiger partial charge in [-0.25, -0.2) is 0 Å². The molecule has 0 unspecified atom stereocenters. The van der Waals surface area contributed by atoms with Crippen molar-refractivity contribution in [3.63, 3.8) is 0 Å². The maximum Gasteiger partial charge on any atom is 0.210 e. The van der Waals surface area contributed by atoms with Crippen LogP contribution in [0.3, 0.4) is 0 Å². The SMILES string of the molecule is CC(=O)C1=C(C)N[C@@]2(O)c3ccccc3C(=O)[C@@]12O. The van der Waals surface area contributed by atoms with E-state index in [0.717, 1.165) is 0 Å². The van der Waals surface area contributed by atoms with Crippen molar-refractivity contribution in [2.75, 3.05) is 0 Å². The fraction of sp³-hybridized carbons (Fsp3) is 0.286. The van der Waals surface area contributed by atoms with E-state index in [1.165, 1.54) is 13.0 Å². The van der Waals surface area contributed by atoms with E-state index >= 15 is 0 Å². The molecule has 5 heteroatoms. The molecule has 1 heterocycles. The number of carbonyl (C=O) groups excluding carboxylic acids is 2. The van der Waals surface area contributed by atoms with Gasteiger partial charge in [0, 0.05) is 16.8 Å². The van der Waals surface area contributed by atoms with Crippen molar-refractivity contribution in [3.05, 3.63) is 46.7 Å². The second-order valence-corrected chi connectivity index (χ2v) is 4.98. The largest absolute Gasteiger partial charge is 0.372 e. The Morgan fingerprint density at radius 3 is 2.53 bits per heavy atom. The number of hydrogen-bond donors (Lipinski definition) is 3. The van der Waals surface area contributed by atoms with E-state index in [1.807, 2.05) is 0 Å². The molecule has 0 radical (unpaired) electrons. The molecule has 1 aromatic rings. The number of Topliss-reactive ketones (excluding diaryl/α,β-unsaturated/α-hetero) is 2. The summed E-state index contributed by atoms with van der Waals surface area (Å²) in [5.74, 6) is -1.09. The first kappa shape index (κ1) is 12.1. The Morgan fingerprint density at radius 1 is 1.26 bits per heavy atom. The van der Waals surface area contributed by atoms with Crippen molar-refractivity contribution >= 4 is 11.6 Å². The topological polar surface area (TPSA) is 86.6 Å². The third-order valence-electron chi connectivity index (χ3n) is 3.87. The van der Waals surface area contributed by atoms with Gasteiger partial charge in [-0.2, -0.15) is 0 Å². The fourth-order valence-electron chi connectivity index (χ4n) is 3.13. The molecule has 2 aliphatic rings. The number of carbonyl (C=O) groups is 2. The summed E-state index contributed by atoms with van der Waals surface area (Å²) in [4.78, 5) is 24.2. The van der Waals surface area contributed by atoms with Crippen molar-refractivity contribution in [3.8, 4) is 0 Å². The molecular weight excluding hydrogens is 246 g/mol. The average Bonchev–Trinajstić information content (AvgIpc) is 2.65. The number of ketones is 2. The summed E-state index contributed by atoms with van der Waals surface area (Å²) in [6.45, 7) is 2.82. The van der Waals surface area contributed by atoms with Gasteiger partial charge in [-0.05, 0) is 13.8 Å². The van der Waals surface area contributed by atoms with Crippen molar-refractivity contribution in [1.82, 2.24) is 5.32 Å². The molecule has 1 aliphatic carbocycles. The van der Waals surface area contributed by atoms with Crippen LogP contribution in [0.1, 0.15) is 29.8 Å². The Hall–Kier alpha value is -1.98. The van der Waals surface area contributed by atoms with Crippen molar-refractivity contribution in [2.45, 2.75) is 25.2 Å². The second kappa shape index (κ2) is 3.31. The Balaban J connectivity index is 2.33. The molecule has 98 valence electrons. The van der Waals surface area contributed by atoms with Crippen LogP contribution in [0.4, 0.5) is 0 Å². The average molecular weight is 259 g/mol. The monoisotopic (exact) mass is 259 g/mol. The number of rotatable bonds is 1. The van der Waals surface area contributed by atoms with Crippen molar-refractivity contribution < 1.29 is 19.8 Å². The zero-order chi connectivity index (χ0) is 14.0. The van der Waals surface area contributed by atoms with Gasteiger partial charge in [0.2, 0.25) is 17.1 Å². The lowest BCUT2D eigenvalue weighted by Gasteiger charge is -2.32. The second-order valence-electron chi connectivity index (χ2n) is 4.98. The van der Waals surface area contributed by atoms with Crippen LogP contribution in [0, 0.1) is 0 Å². The Morgan fingerprint density at radius 2 is 1.89 bits per heavy atom. The van der Waals surface area contributed by atoms with Gasteiger partial charge in [0.25, 0.3) is 0 Å². The molecule has 0 amide bonds. The molecule has 0 fully saturated rings. The van der Waals surface area contributed by atoms with E-state index in [-0.39, 0.29) is 16.7 Å². The van der Waals surface area contributed by atoms with E-state index in [2.05, 4.69) is 5.32 Å². The lowest BCUT2D eigenvalue weighted by molar-refractivity contribution is -0.125. The maximum absolute atomic E-state index is 12.4. The van der Waals surface area contributed by atoms with Crippen LogP contribution in [0.15, 0.2) is 35.5 Å². The van der Waals surface area contributed by atoms with Gasteiger partial charge in [-0.1, -0.05) is 24.3 Å². The molecule has 0 saturated heterocycles. The molecule has 1 aromatic carbocycles. The molecule has 3 N–H and O–H groups in total. The third kappa shape index (κ3) is 1.12. The van der Waals surface area contributed by atoms with E-state index < -0.39 is 22.9 Å². The minimum atomic E-state index is -2.24. The van der Waals surface area contributed by atoms with Gasteiger partial charge in [-0.3, -0.25) is 9.59 Å². The minimum Gasteiger partial charge on any atom is -0.372 e. The fourth-order valence-corrected chi connectivity index (χ4v) is 3.13. The molecule has 3 rings (SSSR count). The van der Waals surface area contributed by atoms with E-state index in [9.17, 15) is 19.8 Å². The van der Waals surface area contributed by atoms with Crippen LogP contribution in [-0.4, -0.2) is 27.4 Å². The van der Waals surface area contributed by atoms with Gasteiger partial charge in [0.1, 0.15) is 0 Å². The number of aliphatic hydroxyl groups is 2. The van der Waals surface area contributed by atoms with Gasteiger partial charge >= 0.3 is 0 Å². The van der Waals surface area contributed by atoms with Gasteiger partial charge in [0.15, 0.2) is 5.78 Å². The molecule has 0 saturated carbocycles. The normalized spacial score (nSPS) is 32.1. The quantitative estimate of drug-likeness (QED) is 0.672. The van der Waals surface area contributed by atoms with Crippen LogP contribution in [0.2, 0.25) is 0 Å². The molecule has 0 spiro atoms. The number of hydrogen-bond acceptors (Lipinski definition) is 5. The van der Waals surface area contributed by atoms with Gasteiger partial charge in [0.05, 0.1) is 5.57 Å². The summed E-state index contributed by atoms with van der Waals surface area (Å²) in [5.41, 5.74) is -3.45. The molecule has 0 aromatic heterocycles. The van der Waals surface area contributed by atoms with Crippen LogP contribution in [-0.2, 0) is 10.5 Å². The molecule has 0 bridgehead atoms. The molecule has 19 heavy (non-hydrogen) atoms. The first-order chi connectivity index (χ1) is 8.84. The number of allylic oxidation sites excluding steroid dienone is 1. The summed E-state index contributed by atoms with van der Waals surface area (Å²) in [6.07, 6.45) is 0. The summed E-state index contributed by atoms with van der Waals surface area (Å²) in [5, 5.41) is 24.2. The molecule has 2 atom stereocenters. The van der Waals surface area contributed by atoms with E-state index in [0.29, 0.717) is 5.70 Å². The lowest BCUT2D eigenvalue weighted by atomic mass is 9.84. The van der Waals surface area contributed by atoms with Crippen LogP contribution in [0.5, 0.6) is 0 Å². The van der Waals surface area contributed by atoms with Crippen molar-refractivity contribution in [2.24, 2.45) is 0 Å². The van der Waals surface area contributed by atoms with E-state index in [4.69, 9.17) is 0 Å². The highest BCUT2D eigenvalue weighted by Crippen LogP contribution is 2.51. The zero-order valence-corrected chi connectivity index (χ0v) is 10.5. The predicted molar refractivity (Wildman–Crippen MR) is 66.1 cm³/mol. The number of fused-ring (bicyclic) bond motifs is 3. The Kier molecular flexibility index (Phi) is 2.11. The molecule has 1 aliphatic heterocycles.